The van der Waals surface area contributed by atoms with Gasteiger partial charge < -0.3 is 11.1 Å². The number of hydrogen-bond donors (Lipinski definition) is 2. The van der Waals surface area contributed by atoms with E-state index in [-0.39, 0.29) is 5.95 Å². The Hall–Kier alpha value is -2.48. The summed E-state index contributed by atoms with van der Waals surface area (Å²) in [5, 5.41) is 3.08. The van der Waals surface area contributed by atoms with Gasteiger partial charge >= 0.3 is 0 Å². The Morgan fingerprint density at radius 1 is 1.20 bits per heavy atom. The van der Waals surface area contributed by atoms with Crippen molar-refractivity contribution < 1.29 is 0 Å². The summed E-state index contributed by atoms with van der Waals surface area (Å²) in [5.74, 6) is 0.924. The van der Waals surface area contributed by atoms with Gasteiger partial charge in [0, 0.05) is 22.6 Å². The van der Waals surface area contributed by atoms with Crippen LogP contribution in [0.3, 0.4) is 0 Å². The molecule has 2 aromatic heterocycles. The molecule has 0 amide bonds. The topological polar surface area (TPSA) is 94.5 Å². The molecular weight excluding hydrogens is 322 g/mol. The fourth-order valence-electron chi connectivity index (χ4n) is 1.62. The van der Waals surface area contributed by atoms with Gasteiger partial charge in [0.2, 0.25) is 17.8 Å². The molecule has 1 aromatic carbocycles. The second-order valence-electron chi connectivity index (χ2n) is 3.92. The quantitative estimate of drug-likeness (QED) is 0.763. The van der Waals surface area contributed by atoms with E-state index in [1.807, 2.05) is 24.3 Å². The molecule has 7 nitrogen and oxygen atoms in total. The van der Waals surface area contributed by atoms with Crippen molar-refractivity contribution in [2.24, 2.45) is 0 Å². The zero-order chi connectivity index (χ0) is 13.9. The molecule has 0 fully saturated rings. The Labute approximate surface area is 123 Å². The van der Waals surface area contributed by atoms with E-state index in [1.165, 1.54) is 0 Å². The molecule has 0 aliphatic carbocycles. The van der Waals surface area contributed by atoms with E-state index in [0.29, 0.717) is 11.9 Å². The SMILES string of the molecule is Nc1nc(Nc2cccc(Br)c2)nc(-n2ccnc2)n1. The van der Waals surface area contributed by atoms with E-state index >= 15 is 0 Å². The Morgan fingerprint density at radius 3 is 2.85 bits per heavy atom. The summed E-state index contributed by atoms with van der Waals surface area (Å²) in [6.07, 6.45) is 4.97. The Bertz CT molecular complexity index is 726. The van der Waals surface area contributed by atoms with Crippen molar-refractivity contribution in [3.8, 4) is 5.95 Å². The zero-order valence-corrected chi connectivity index (χ0v) is 11.8. The van der Waals surface area contributed by atoms with Gasteiger partial charge in [0.1, 0.15) is 6.33 Å². The second-order valence-corrected chi connectivity index (χ2v) is 4.84. The van der Waals surface area contributed by atoms with Gasteiger partial charge in [-0.1, -0.05) is 22.0 Å². The van der Waals surface area contributed by atoms with Crippen LogP contribution in [0.4, 0.5) is 17.6 Å². The fourth-order valence-corrected chi connectivity index (χ4v) is 2.02. The van der Waals surface area contributed by atoms with E-state index in [2.05, 4.69) is 41.2 Å². The lowest BCUT2D eigenvalue weighted by molar-refractivity contribution is 0.906. The highest BCUT2D eigenvalue weighted by molar-refractivity contribution is 9.10. The van der Waals surface area contributed by atoms with Crippen LogP contribution in [0, 0.1) is 0 Å². The van der Waals surface area contributed by atoms with Gasteiger partial charge in [0.05, 0.1) is 0 Å². The maximum Gasteiger partial charge on any atom is 0.241 e. The Kier molecular flexibility index (Phi) is 3.30. The van der Waals surface area contributed by atoms with Gasteiger partial charge in [-0.25, -0.2) is 4.98 Å². The summed E-state index contributed by atoms with van der Waals surface area (Å²) in [4.78, 5) is 16.4. The first-order chi connectivity index (χ1) is 9.70. The smallest absolute Gasteiger partial charge is 0.241 e. The number of nitrogens with zero attached hydrogens (tertiary/aromatic N) is 5. The lowest BCUT2D eigenvalue weighted by atomic mass is 10.3. The summed E-state index contributed by atoms with van der Waals surface area (Å²) in [5.41, 5.74) is 6.55. The van der Waals surface area contributed by atoms with Crippen LogP contribution in [-0.2, 0) is 0 Å². The number of rotatable bonds is 3. The van der Waals surface area contributed by atoms with Crippen molar-refractivity contribution in [2.75, 3.05) is 11.1 Å². The molecule has 8 heteroatoms. The third-order valence-corrected chi connectivity index (χ3v) is 2.95. The number of anilines is 3. The first kappa shape index (κ1) is 12.5. The third-order valence-electron chi connectivity index (χ3n) is 2.46. The molecule has 0 aliphatic heterocycles. The first-order valence-corrected chi connectivity index (χ1v) is 6.52. The molecule has 0 unspecified atom stereocenters. The third kappa shape index (κ3) is 2.75. The average Bonchev–Trinajstić information content (AvgIpc) is 2.91. The van der Waals surface area contributed by atoms with E-state index in [1.54, 1.807) is 23.3 Å². The lowest BCUT2D eigenvalue weighted by Gasteiger charge is -2.07. The van der Waals surface area contributed by atoms with Gasteiger partial charge in [0.25, 0.3) is 0 Å². The molecule has 0 atom stereocenters. The molecule has 100 valence electrons. The highest BCUT2D eigenvalue weighted by atomic mass is 79.9. The van der Waals surface area contributed by atoms with Crippen molar-refractivity contribution in [3.63, 3.8) is 0 Å². The van der Waals surface area contributed by atoms with E-state index < -0.39 is 0 Å². The minimum absolute atomic E-state index is 0.140. The van der Waals surface area contributed by atoms with Crippen LogP contribution in [0.1, 0.15) is 0 Å². The van der Waals surface area contributed by atoms with E-state index in [0.717, 1.165) is 10.2 Å². The van der Waals surface area contributed by atoms with E-state index in [9.17, 15) is 0 Å². The largest absolute Gasteiger partial charge is 0.368 e. The molecule has 0 saturated carbocycles. The molecule has 3 N–H and O–H groups in total. The lowest BCUT2D eigenvalue weighted by Crippen LogP contribution is -2.08. The van der Waals surface area contributed by atoms with Crippen LogP contribution in [-0.4, -0.2) is 24.5 Å². The minimum atomic E-state index is 0.140. The minimum Gasteiger partial charge on any atom is -0.368 e. The molecular formula is C12H10BrN7. The predicted molar refractivity (Wildman–Crippen MR) is 78.8 cm³/mol. The van der Waals surface area contributed by atoms with Crippen molar-refractivity contribution in [3.05, 3.63) is 47.5 Å². The van der Waals surface area contributed by atoms with Gasteiger partial charge in [-0.05, 0) is 18.2 Å². The van der Waals surface area contributed by atoms with E-state index in [4.69, 9.17) is 5.73 Å². The predicted octanol–water partition coefficient (Wildman–Crippen LogP) is 2.15. The first-order valence-electron chi connectivity index (χ1n) is 5.73. The standard InChI is InChI=1S/C12H10BrN7/c13-8-2-1-3-9(6-8)16-11-17-10(14)18-12(19-11)20-5-4-15-7-20/h1-7H,(H3,14,16,17,18,19). The van der Waals surface area contributed by atoms with Crippen molar-refractivity contribution in [1.82, 2.24) is 24.5 Å². The van der Waals surface area contributed by atoms with Gasteiger partial charge in [-0.15, -0.1) is 0 Å². The molecule has 20 heavy (non-hydrogen) atoms. The normalized spacial score (nSPS) is 10.4. The molecule has 0 radical (unpaired) electrons. The van der Waals surface area contributed by atoms with Crippen LogP contribution in [0.5, 0.6) is 0 Å². The number of hydrogen-bond acceptors (Lipinski definition) is 6. The molecule has 0 bridgehead atoms. The summed E-state index contributed by atoms with van der Waals surface area (Å²) in [6.45, 7) is 0. The number of aromatic nitrogens is 5. The molecule has 2 heterocycles. The summed E-state index contributed by atoms with van der Waals surface area (Å²) in [7, 11) is 0. The number of halogens is 1. The number of benzene rings is 1. The zero-order valence-electron chi connectivity index (χ0n) is 10.2. The van der Waals surface area contributed by atoms with Crippen LogP contribution in [0.25, 0.3) is 5.95 Å². The van der Waals surface area contributed by atoms with Crippen molar-refractivity contribution >= 4 is 33.5 Å². The molecule has 0 saturated heterocycles. The number of nitrogens with two attached hydrogens (primary N) is 1. The summed E-state index contributed by atoms with van der Waals surface area (Å²) in [6, 6.07) is 7.66. The molecule has 3 rings (SSSR count). The maximum absolute atomic E-state index is 5.70. The summed E-state index contributed by atoms with van der Waals surface area (Å²) >= 11 is 3.41. The summed E-state index contributed by atoms with van der Waals surface area (Å²) < 4.78 is 2.61. The average molecular weight is 332 g/mol. The van der Waals surface area contributed by atoms with Crippen molar-refractivity contribution in [2.45, 2.75) is 0 Å². The highest BCUT2D eigenvalue weighted by Gasteiger charge is 2.06. The number of imidazole rings is 1. The Morgan fingerprint density at radius 2 is 2.10 bits per heavy atom. The van der Waals surface area contributed by atoms with Crippen LogP contribution in [0.2, 0.25) is 0 Å². The number of nitrogen functional groups attached to an aromatic ring is 1. The van der Waals surface area contributed by atoms with Crippen LogP contribution >= 0.6 is 15.9 Å². The van der Waals surface area contributed by atoms with Gasteiger partial charge in [0.15, 0.2) is 0 Å². The van der Waals surface area contributed by atoms with Crippen molar-refractivity contribution in [1.29, 1.82) is 0 Å². The maximum atomic E-state index is 5.70. The van der Waals surface area contributed by atoms with Gasteiger partial charge in [-0.2, -0.15) is 15.0 Å². The second kappa shape index (κ2) is 5.25. The Balaban J connectivity index is 1.94. The van der Waals surface area contributed by atoms with Gasteiger partial charge in [-0.3, -0.25) is 4.57 Å². The highest BCUT2D eigenvalue weighted by Crippen LogP contribution is 2.19. The van der Waals surface area contributed by atoms with Crippen LogP contribution < -0.4 is 11.1 Å². The fraction of sp³-hybridized carbons (Fsp3) is 0. The molecule has 0 spiro atoms. The van der Waals surface area contributed by atoms with Crippen LogP contribution in [0.15, 0.2) is 47.5 Å². The molecule has 3 aromatic rings. The number of nitrogens with one attached hydrogen (secondary N) is 1. The molecule has 0 aliphatic rings. The monoisotopic (exact) mass is 331 g/mol.